The molecule has 1 N–H and O–H groups in total. The first kappa shape index (κ1) is 25.3. The van der Waals surface area contributed by atoms with Crippen molar-refractivity contribution in [2.24, 2.45) is 0 Å². The molecule has 2 aliphatic carbocycles. The Morgan fingerprint density at radius 1 is 0.927 bits per heavy atom. The summed E-state index contributed by atoms with van der Waals surface area (Å²) < 4.78 is 20.1. The van der Waals surface area contributed by atoms with Gasteiger partial charge in [0, 0.05) is 48.1 Å². The van der Waals surface area contributed by atoms with Crippen molar-refractivity contribution in [1.29, 1.82) is 0 Å². The van der Waals surface area contributed by atoms with Crippen LogP contribution in [-0.2, 0) is 17.7 Å². The lowest BCUT2D eigenvalue weighted by atomic mass is 9.98. The number of benzene rings is 4. The number of amides is 1. The molecule has 2 aliphatic rings. The number of aromatic nitrogens is 1. The number of aromatic amines is 1. The molecule has 204 valence electrons. The molecule has 5 nitrogen and oxygen atoms in total. The van der Waals surface area contributed by atoms with Gasteiger partial charge in [0.1, 0.15) is 12.4 Å². The van der Waals surface area contributed by atoms with Crippen LogP contribution in [0.5, 0.6) is 0 Å². The van der Waals surface area contributed by atoms with E-state index in [2.05, 4.69) is 29.2 Å². The van der Waals surface area contributed by atoms with Gasteiger partial charge >= 0.3 is 6.09 Å². The molecular weight excluding hydrogens is 515 g/mol. The average molecular weight is 545 g/mol. The van der Waals surface area contributed by atoms with Crippen molar-refractivity contribution >= 4 is 22.8 Å². The largest absolute Gasteiger partial charge is 0.448 e. The Morgan fingerprint density at radius 2 is 1.61 bits per heavy atom. The first-order valence-electron chi connectivity index (χ1n) is 14.0. The number of nitrogens with zero attached hydrogens (tertiary/aromatic N) is 1. The summed E-state index contributed by atoms with van der Waals surface area (Å²) in [7, 11) is 1.74. The molecule has 6 heteroatoms. The fourth-order valence-corrected chi connectivity index (χ4v) is 6.46. The SMILES string of the molecule is CN(Cc1ccc(-c2[nH]c3cc(F)cc4c3c2CCCC4=O)cc1)C(=O)OCC1c2ccccc2-c2ccccc21. The number of carbonyl (C=O) groups is 2. The van der Waals surface area contributed by atoms with Gasteiger partial charge in [-0.25, -0.2) is 9.18 Å². The summed E-state index contributed by atoms with van der Waals surface area (Å²) in [6.45, 7) is 0.685. The van der Waals surface area contributed by atoms with Crippen LogP contribution in [0.4, 0.5) is 9.18 Å². The molecule has 0 saturated carbocycles. The highest BCUT2D eigenvalue weighted by atomic mass is 19.1. The van der Waals surface area contributed by atoms with E-state index in [-0.39, 0.29) is 24.4 Å². The summed E-state index contributed by atoms with van der Waals surface area (Å²) >= 11 is 0. The van der Waals surface area contributed by atoms with Crippen LogP contribution in [0.2, 0.25) is 0 Å². The van der Waals surface area contributed by atoms with Crippen molar-refractivity contribution < 1.29 is 18.7 Å². The molecule has 0 atom stereocenters. The van der Waals surface area contributed by atoms with E-state index in [4.69, 9.17) is 4.74 Å². The molecule has 7 rings (SSSR count). The van der Waals surface area contributed by atoms with Gasteiger partial charge < -0.3 is 14.6 Å². The van der Waals surface area contributed by atoms with Gasteiger partial charge in [0.25, 0.3) is 0 Å². The third-order valence-electron chi connectivity index (χ3n) is 8.41. The van der Waals surface area contributed by atoms with Gasteiger partial charge in [-0.1, -0.05) is 72.8 Å². The molecule has 0 bridgehead atoms. The number of halogens is 1. The number of fused-ring (bicyclic) bond motifs is 3. The number of ketones is 1. The van der Waals surface area contributed by atoms with Crippen molar-refractivity contribution in [3.05, 3.63) is 119 Å². The van der Waals surface area contributed by atoms with Gasteiger partial charge in [-0.05, 0) is 63.9 Å². The first-order chi connectivity index (χ1) is 20.0. The maximum Gasteiger partial charge on any atom is 0.409 e. The number of aryl methyl sites for hydroxylation is 1. The van der Waals surface area contributed by atoms with Crippen LogP contribution in [0.3, 0.4) is 0 Å². The first-order valence-corrected chi connectivity index (χ1v) is 14.0. The summed E-state index contributed by atoms with van der Waals surface area (Å²) in [6, 6.07) is 27.4. The summed E-state index contributed by atoms with van der Waals surface area (Å²) in [5.74, 6) is -0.399. The molecule has 41 heavy (non-hydrogen) atoms. The molecule has 0 unspecified atom stereocenters. The second kappa shape index (κ2) is 10.0. The number of hydrogen-bond acceptors (Lipinski definition) is 3. The van der Waals surface area contributed by atoms with Crippen molar-refractivity contribution in [3.8, 4) is 22.4 Å². The van der Waals surface area contributed by atoms with Crippen LogP contribution in [0.15, 0.2) is 84.9 Å². The zero-order valence-electron chi connectivity index (χ0n) is 22.7. The molecule has 0 saturated heterocycles. The fourth-order valence-electron chi connectivity index (χ4n) is 6.46. The van der Waals surface area contributed by atoms with Crippen molar-refractivity contribution in [2.45, 2.75) is 31.7 Å². The van der Waals surface area contributed by atoms with Gasteiger partial charge in [0.15, 0.2) is 5.78 Å². The minimum atomic E-state index is -0.409. The molecule has 5 aromatic rings. The zero-order valence-corrected chi connectivity index (χ0v) is 22.7. The normalized spacial score (nSPS) is 14.0. The highest BCUT2D eigenvalue weighted by molar-refractivity contribution is 6.11. The third-order valence-corrected chi connectivity index (χ3v) is 8.41. The van der Waals surface area contributed by atoms with E-state index >= 15 is 0 Å². The maximum atomic E-state index is 14.3. The third kappa shape index (κ3) is 4.40. The Morgan fingerprint density at radius 3 is 2.32 bits per heavy atom. The summed E-state index contributed by atoms with van der Waals surface area (Å²) in [4.78, 5) is 30.5. The molecule has 1 heterocycles. The van der Waals surface area contributed by atoms with Gasteiger partial charge in [-0.15, -0.1) is 0 Å². The van der Waals surface area contributed by atoms with E-state index in [1.807, 2.05) is 48.5 Å². The maximum absolute atomic E-state index is 14.3. The van der Waals surface area contributed by atoms with Crippen LogP contribution in [0.25, 0.3) is 33.3 Å². The quantitative estimate of drug-likeness (QED) is 0.245. The molecule has 0 radical (unpaired) electrons. The Balaban J connectivity index is 1.06. The summed E-state index contributed by atoms with van der Waals surface area (Å²) in [6.07, 6.45) is 1.55. The second-order valence-corrected chi connectivity index (χ2v) is 11.0. The number of hydrogen-bond donors (Lipinski definition) is 1. The lowest BCUT2D eigenvalue weighted by molar-refractivity contribution is 0.0982. The number of Topliss-reactive ketones (excluding diaryl/α,β-unsaturated/α-hetero) is 1. The number of nitrogens with one attached hydrogen (secondary N) is 1. The van der Waals surface area contributed by atoms with Crippen LogP contribution in [-0.4, -0.2) is 35.4 Å². The lowest BCUT2D eigenvalue weighted by Crippen LogP contribution is -2.28. The lowest BCUT2D eigenvalue weighted by Gasteiger charge is -2.20. The molecule has 0 spiro atoms. The molecule has 0 fully saturated rings. The van der Waals surface area contributed by atoms with Gasteiger partial charge in [0.05, 0.1) is 0 Å². The van der Waals surface area contributed by atoms with E-state index in [1.165, 1.54) is 34.4 Å². The van der Waals surface area contributed by atoms with Crippen molar-refractivity contribution in [2.75, 3.05) is 13.7 Å². The monoisotopic (exact) mass is 544 g/mol. The predicted octanol–water partition coefficient (Wildman–Crippen LogP) is 7.87. The van der Waals surface area contributed by atoms with Crippen molar-refractivity contribution in [1.82, 2.24) is 9.88 Å². The fraction of sp³-hybridized carbons (Fsp3) is 0.200. The van der Waals surface area contributed by atoms with E-state index in [0.717, 1.165) is 40.6 Å². The predicted molar refractivity (Wildman–Crippen MR) is 157 cm³/mol. The highest BCUT2D eigenvalue weighted by Gasteiger charge is 2.29. The Hall–Kier alpha value is -4.71. The highest BCUT2D eigenvalue weighted by Crippen LogP contribution is 2.44. The van der Waals surface area contributed by atoms with E-state index < -0.39 is 5.82 Å². The van der Waals surface area contributed by atoms with Gasteiger partial charge in [0.2, 0.25) is 0 Å². The van der Waals surface area contributed by atoms with Crippen LogP contribution in [0.1, 0.15) is 51.4 Å². The number of carbonyl (C=O) groups excluding carboxylic acids is 2. The van der Waals surface area contributed by atoms with Crippen LogP contribution in [0, 0.1) is 5.82 Å². The topological polar surface area (TPSA) is 62.4 Å². The van der Waals surface area contributed by atoms with Crippen LogP contribution >= 0.6 is 0 Å². The van der Waals surface area contributed by atoms with E-state index in [0.29, 0.717) is 24.0 Å². The van der Waals surface area contributed by atoms with E-state index in [9.17, 15) is 14.0 Å². The number of H-pyrrole nitrogens is 1. The standard InChI is InChI=1S/C35H29FN2O3/c1-38(35(40)41-20-30-26-9-4-2-7-24(26)25-8-3-5-10-27(25)30)19-21-13-15-22(16-14-21)34-28-11-6-12-32(39)29-17-23(36)18-31(37-34)33(28)29/h2-5,7-10,13-18,30,37H,6,11-12,19-20H2,1H3. The van der Waals surface area contributed by atoms with Crippen molar-refractivity contribution in [3.63, 3.8) is 0 Å². The molecular formula is C35H29FN2O3. The zero-order chi connectivity index (χ0) is 28.1. The minimum absolute atomic E-state index is 0.00887. The molecule has 4 aromatic carbocycles. The average Bonchev–Trinajstić information content (AvgIpc) is 3.45. The molecule has 1 amide bonds. The van der Waals surface area contributed by atoms with Crippen LogP contribution < -0.4 is 0 Å². The van der Waals surface area contributed by atoms with Gasteiger partial charge in [-0.2, -0.15) is 0 Å². The Kier molecular flexibility index (Phi) is 6.19. The summed E-state index contributed by atoms with van der Waals surface area (Å²) in [5, 5.41) is 0.836. The van der Waals surface area contributed by atoms with Gasteiger partial charge in [-0.3, -0.25) is 4.79 Å². The van der Waals surface area contributed by atoms with E-state index in [1.54, 1.807) is 11.9 Å². The summed E-state index contributed by atoms with van der Waals surface area (Å²) in [5.41, 5.74) is 9.79. The number of rotatable bonds is 5. The Labute approximate surface area is 237 Å². The second-order valence-electron chi connectivity index (χ2n) is 11.0. The number of ether oxygens (including phenoxy) is 1. The molecule has 1 aromatic heterocycles. The smallest absolute Gasteiger partial charge is 0.409 e. The minimum Gasteiger partial charge on any atom is -0.448 e. The molecule has 0 aliphatic heterocycles. The Bertz CT molecular complexity index is 1780.